The summed E-state index contributed by atoms with van der Waals surface area (Å²) in [6.07, 6.45) is 1.43. The Hall–Kier alpha value is -3.66. The average molecular weight is 526 g/mol. The minimum atomic E-state index is -0.450. The third-order valence-corrected chi connectivity index (χ3v) is 6.80. The zero-order valence-corrected chi connectivity index (χ0v) is 21.5. The van der Waals surface area contributed by atoms with Gasteiger partial charge >= 0.3 is 5.97 Å². The van der Waals surface area contributed by atoms with Gasteiger partial charge in [-0.15, -0.1) is 11.3 Å². The second kappa shape index (κ2) is 10.9. The summed E-state index contributed by atoms with van der Waals surface area (Å²) >= 11 is 7.46. The van der Waals surface area contributed by atoms with Crippen LogP contribution in [0.5, 0.6) is 5.75 Å². The van der Waals surface area contributed by atoms with Crippen LogP contribution in [0, 0.1) is 6.92 Å². The number of aromatic nitrogens is 1. The minimum absolute atomic E-state index is 0.166. The lowest BCUT2D eigenvalue weighted by atomic mass is 10.1. The molecular formula is C26H24ClN3O5S. The highest BCUT2D eigenvalue weighted by Crippen LogP contribution is 2.34. The molecule has 2 heterocycles. The number of ether oxygens (including phenoxy) is 2. The van der Waals surface area contributed by atoms with Crippen LogP contribution in [0.4, 0.5) is 11.5 Å². The molecule has 4 aromatic rings. The number of nitrogens with zero attached hydrogens (tertiary/aromatic N) is 2. The molecule has 4 rings (SSSR count). The highest BCUT2D eigenvalue weighted by atomic mass is 35.5. The van der Waals surface area contributed by atoms with Crippen molar-refractivity contribution in [2.24, 2.45) is 0 Å². The number of rotatable bonds is 8. The molecule has 186 valence electrons. The first-order chi connectivity index (χ1) is 17.3. The van der Waals surface area contributed by atoms with E-state index in [-0.39, 0.29) is 19.1 Å². The van der Waals surface area contributed by atoms with Gasteiger partial charge in [-0.25, -0.2) is 9.78 Å². The third kappa shape index (κ3) is 4.99. The van der Waals surface area contributed by atoms with Crippen molar-refractivity contribution in [1.29, 1.82) is 0 Å². The predicted molar refractivity (Wildman–Crippen MR) is 141 cm³/mol. The van der Waals surface area contributed by atoms with E-state index in [0.717, 1.165) is 5.56 Å². The van der Waals surface area contributed by atoms with Crippen LogP contribution in [-0.2, 0) is 16.2 Å². The maximum atomic E-state index is 13.3. The maximum Gasteiger partial charge on any atom is 0.341 e. The SMILES string of the molecule is CCOC(=O)c1cnc(N)c2c(COc3cccc(C(=O)N(OC)c4cccc(Cl)c4)c3C)csc12. The van der Waals surface area contributed by atoms with Crippen LogP contribution >= 0.6 is 22.9 Å². The number of hydroxylamine groups is 1. The third-order valence-electron chi connectivity index (χ3n) is 5.50. The van der Waals surface area contributed by atoms with Gasteiger partial charge in [-0.05, 0) is 49.6 Å². The van der Waals surface area contributed by atoms with E-state index in [1.54, 1.807) is 56.3 Å². The Kier molecular flexibility index (Phi) is 7.73. The largest absolute Gasteiger partial charge is 0.489 e. The molecule has 2 aromatic carbocycles. The number of hydrogen-bond donors (Lipinski definition) is 1. The topological polar surface area (TPSA) is 104 Å². The van der Waals surface area contributed by atoms with E-state index < -0.39 is 5.97 Å². The first-order valence-corrected chi connectivity index (χ1v) is 12.3. The van der Waals surface area contributed by atoms with Crippen LogP contribution in [-0.4, -0.2) is 30.6 Å². The molecule has 0 aliphatic carbocycles. The van der Waals surface area contributed by atoms with Gasteiger partial charge in [0, 0.05) is 33.3 Å². The number of esters is 1. The second-order valence-electron chi connectivity index (χ2n) is 7.72. The van der Waals surface area contributed by atoms with Crippen LogP contribution in [0.25, 0.3) is 10.1 Å². The Labute approximate surface area is 217 Å². The fourth-order valence-electron chi connectivity index (χ4n) is 3.77. The number of anilines is 2. The number of hydrogen-bond acceptors (Lipinski definition) is 8. The molecule has 0 spiro atoms. The van der Waals surface area contributed by atoms with Crippen molar-refractivity contribution in [1.82, 2.24) is 4.98 Å². The molecule has 10 heteroatoms. The fraction of sp³-hybridized carbons (Fsp3) is 0.192. The molecule has 0 aliphatic heterocycles. The van der Waals surface area contributed by atoms with Crippen molar-refractivity contribution in [2.75, 3.05) is 24.5 Å². The summed E-state index contributed by atoms with van der Waals surface area (Å²) in [4.78, 5) is 35.2. The summed E-state index contributed by atoms with van der Waals surface area (Å²) in [6, 6.07) is 12.0. The van der Waals surface area contributed by atoms with Crippen LogP contribution in [0.1, 0.15) is 38.8 Å². The van der Waals surface area contributed by atoms with Crippen LogP contribution in [0.15, 0.2) is 54.0 Å². The van der Waals surface area contributed by atoms with Crippen molar-refractivity contribution >= 4 is 56.4 Å². The number of benzene rings is 2. The van der Waals surface area contributed by atoms with Crippen molar-refractivity contribution in [3.05, 3.63) is 81.3 Å². The number of carbonyl (C=O) groups is 2. The molecule has 8 nitrogen and oxygen atoms in total. The van der Waals surface area contributed by atoms with E-state index in [4.69, 9.17) is 31.6 Å². The van der Waals surface area contributed by atoms with Gasteiger partial charge in [0.05, 0.1) is 29.7 Å². The quantitative estimate of drug-likeness (QED) is 0.229. The smallest absolute Gasteiger partial charge is 0.341 e. The molecule has 0 aliphatic rings. The Morgan fingerprint density at radius 3 is 2.67 bits per heavy atom. The molecule has 2 aromatic heterocycles. The van der Waals surface area contributed by atoms with Crippen molar-refractivity contribution in [2.45, 2.75) is 20.5 Å². The van der Waals surface area contributed by atoms with Gasteiger partial charge in [0.15, 0.2) is 0 Å². The number of thiophene rings is 1. The Morgan fingerprint density at radius 1 is 1.17 bits per heavy atom. The molecule has 0 unspecified atom stereocenters. The van der Waals surface area contributed by atoms with Gasteiger partial charge in [0.2, 0.25) is 0 Å². The lowest BCUT2D eigenvalue weighted by Crippen LogP contribution is -2.30. The first kappa shape index (κ1) is 25.4. The number of fused-ring (bicyclic) bond motifs is 1. The van der Waals surface area contributed by atoms with E-state index in [1.165, 1.54) is 29.7 Å². The summed E-state index contributed by atoms with van der Waals surface area (Å²) in [7, 11) is 1.42. The molecule has 2 N–H and O–H groups in total. The summed E-state index contributed by atoms with van der Waals surface area (Å²) in [5, 5.41) is 4.19. The Bertz CT molecular complexity index is 1440. The average Bonchev–Trinajstić information content (AvgIpc) is 3.29. The number of halogens is 1. The Balaban J connectivity index is 1.60. The summed E-state index contributed by atoms with van der Waals surface area (Å²) in [5.74, 6) is 0.0104. The molecule has 0 fully saturated rings. The second-order valence-corrected chi connectivity index (χ2v) is 9.04. The Morgan fingerprint density at radius 2 is 1.94 bits per heavy atom. The van der Waals surface area contributed by atoms with Gasteiger partial charge < -0.3 is 15.2 Å². The van der Waals surface area contributed by atoms with Crippen molar-refractivity contribution in [3.8, 4) is 5.75 Å². The van der Waals surface area contributed by atoms with Crippen molar-refractivity contribution in [3.63, 3.8) is 0 Å². The minimum Gasteiger partial charge on any atom is -0.489 e. The molecule has 0 atom stereocenters. The van der Waals surface area contributed by atoms with Crippen molar-refractivity contribution < 1.29 is 23.9 Å². The summed E-state index contributed by atoms with van der Waals surface area (Å²) < 4.78 is 11.9. The summed E-state index contributed by atoms with van der Waals surface area (Å²) in [6.45, 7) is 3.97. The molecule has 36 heavy (non-hydrogen) atoms. The lowest BCUT2D eigenvalue weighted by Gasteiger charge is -2.21. The van der Waals surface area contributed by atoms with E-state index in [2.05, 4.69) is 4.98 Å². The van der Waals surface area contributed by atoms with Crippen LogP contribution < -0.4 is 15.5 Å². The van der Waals surface area contributed by atoms with E-state index in [0.29, 0.717) is 49.1 Å². The maximum absolute atomic E-state index is 13.3. The zero-order chi connectivity index (χ0) is 25.8. The number of nitrogen functional groups attached to an aromatic ring is 1. The van der Waals surface area contributed by atoms with Gasteiger partial charge in [-0.3, -0.25) is 9.63 Å². The van der Waals surface area contributed by atoms with Crippen LogP contribution in [0.2, 0.25) is 5.02 Å². The molecule has 0 bridgehead atoms. The number of pyridine rings is 1. The monoisotopic (exact) mass is 525 g/mol. The summed E-state index contributed by atoms with van der Waals surface area (Å²) in [5.41, 5.74) is 8.84. The molecule has 0 saturated heterocycles. The van der Waals surface area contributed by atoms with Gasteiger partial charge in [0.25, 0.3) is 5.91 Å². The fourth-order valence-corrected chi connectivity index (χ4v) is 5.01. The zero-order valence-electron chi connectivity index (χ0n) is 19.9. The molecular weight excluding hydrogens is 502 g/mol. The van der Waals surface area contributed by atoms with Gasteiger partial charge in [-0.2, -0.15) is 5.06 Å². The van der Waals surface area contributed by atoms with Gasteiger partial charge in [-0.1, -0.05) is 23.7 Å². The highest BCUT2D eigenvalue weighted by molar-refractivity contribution is 7.17. The van der Waals surface area contributed by atoms with E-state index in [1.807, 2.05) is 5.38 Å². The molecule has 1 amide bonds. The number of nitrogens with two attached hydrogens (primary N) is 1. The lowest BCUT2D eigenvalue weighted by molar-refractivity contribution is 0.0528. The number of amides is 1. The highest BCUT2D eigenvalue weighted by Gasteiger charge is 2.22. The van der Waals surface area contributed by atoms with Crippen LogP contribution in [0.3, 0.4) is 0 Å². The van der Waals surface area contributed by atoms with E-state index >= 15 is 0 Å². The predicted octanol–water partition coefficient (Wildman–Crippen LogP) is 5.80. The van der Waals surface area contributed by atoms with E-state index in [9.17, 15) is 9.59 Å². The normalized spacial score (nSPS) is 10.9. The molecule has 0 radical (unpaired) electrons. The molecule has 0 saturated carbocycles. The first-order valence-electron chi connectivity index (χ1n) is 11.0. The number of carbonyl (C=O) groups excluding carboxylic acids is 2. The standard InChI is InChI=1S/C26H24ClN3O5S/c1-4-34-26(32)20-12-29-24(28)22-16(14-36-23(20)22)13-35-21-10-6-9-19(15(21)2)25(31)30(33-3)18-8-5-7-17(27)11-18/h5-12,14H,4,13H2,1-3H3,(H2,28,29). The van der Waals surface area contributed by atoms with Gasteiger partial charge in [0.1, 0.15) is 18.2 Å².